The molecule has 19 heavy (non-hydrogen) atoms. The molecule has 0 amide bonds. The number of nitrogens with two attached hydrogens (primary N) is 1. The van der Waals surface area contributed by atoms with Gasteiger partial charge in [-0.05, 0) is 19.8 Å². The number of piperidine rings is 1. The largest absolute Gasteiger partial charge is 0.329 e. The minimum absolute atomic E-state index is 0.205. The Morgan fingerprint density at radius 3 is 2.84 bits per heavy atom. The van der Waals surface area contributed by atoms with E-state index >= 15 is 0 Å². The number of nitro benzene ring substituents is 1. The third kappa shape index (κ3) is 3.11. The Hall–Kier alpha value is -1.46. The van der Waals surface area contributed by atoms with E-state index in [0.29, 0.717) is 25.2 Å². The summed E-state index contributed by atoms with van der Waals surface area (Å²) in [5.41, 5.74) is 6.81. The lowest BCUT2D eigenvalue weighted by molar-refractivity contribution is -0.385. The first kappa shape index (κ1) is 14.0. The van der Waals surface area contributed by atoms with E-state index in [1.54, 1.807) is 12.1 Å². The predicted octanol–water partition coefficient (Wildman–Crippen LogP) is 2.30. The predicted molar refractivity (Wildman–Crippen MR) is 74.8 cm³/mol. The third-order valence-electron chi connectivity index (χ3n) is 4.01. The lowest BCUT2D eigenvalue weighted by Crippen LogP contribution is -2.48. The van der Waals surface area contributed by atoms with Crippen molar-refractivity contribution >= 4 is 5.69 Å². The van der Waals surface area contributed by atoms with Crippen LogP contribution in [0, 0.1) is 10.1 Å². The molecule has 1 aromatic carbocycles. The standard InChI is InChI=1S/C14H21N3O2/c1-11-5-4-7-13(9-15)16(11)10-12-6-2-3-8-14(12)17(18)19/h2-3,6,8,11,13H,4-5,7,9-10,15H2,1H3. The zero-order chi connectivity index (χ0) is 13.8. The molecule has 0 bridgehead atoms. The molecule has 1 aliphatic rings. The van der Waals surface area contributed by atoms with E-state index < -0.39 is 0 Å². The van der Waals surface area contributed by atoms with Gasteiger partial charge in [0.25, 0.3) is 5.69 Å². The maximum absolute atomic E-state index is 11.1. The van der Waals surface area contributed by atoms with Gasteiger partial charge in [-0.1, -0.05) is 24.6 Å². The smallest absolute Gasteiger partial charge is 0.273 e. The molecule has 0 aromatic heterocycles. The summed E-state index contributed by atoms with van der Waals surface area (Å²) < 4.78 is 0. The van der Waals surface area contributed by atoms with Gasteiger partial charge < -0.3 is 5.73 Å². The fraction of sp³-hybridized carbons (Fsp3) is 0.571. The molecule has 0 aliphatic carbocycles. The second kappa shape index (κ2) is 6.12. The van der Waals surface area contributed by atoms with Gasteiger partial charge in [-0.25, -0.2) is 0 Å². The zero-order valence-corrected chi connectivity index (χ0v) is 11.3. The Morgan fingerprint density at radius 1 is 1.42 bits per heavy atom. The Labute approximate surface area is 113 Å². The van der Waals surface area contributed by atoms with Crippen LogP contribution in [0.1, 0.15) is 31.7 Å². The molecule has 1 fully saturated rings. The van der Waals surface area contributed by atoms with Gasteiger partial charge in [-0.3, -0.25) is 15.0 Å². The molecule has 5 heteroatoms. The van der Waals surface area contributed by atoms with Crippen LogP contribution in [0.15, 0.2) is 24.3 Å². The minimum Gasteiger partial charge on any atom is -0.329 e. The molecular weight excluding hydrogens is 242 g/mol. The highest BCUT2D eigenvalue weighted by atomic mass is 16.6. The summed E-state index contributed by atoms with van der Waals surface area (Å²) in [6.45, 7) is 3.40. The fourth-order valence-corrected chi connectivity index (χ4v) is 2.90. The number of nitrogens with zero attached hydrogens (tertiary/aromatic N) is 2. The maximum atomic E-state index is 11.1. The van der Waals surface area contributed by atoms with Gasteiger partial charge in [-0.2, -0.15) is 0 Å². The zero-order valence-electron chi connectivity index (χ0n) is 11.3. The molecule has 2 rings (SSSR count). The van der Waals surface area contributed by atoms with E-state index in [9.17, 15) is 10.1 Å². The lowest BCUT2D eigenvalue weighted by atomic mass is 9.95. The van der Waals surface area contributed by atoms with Crippen LogP contribution in [-0.2, 0) is 6.54 Å². The second-order valence-electron chi connectivity index (χ2n) is 5.23. The summed E-state index contributed by atoms with van der Waals surface area (Å²) >= 11 is 0. The van der Waals surface area contributed by atoms with E-state index in [4.69, 9.17) is 5.73 Å². The Kier molecular flexibility index (Phi) is 4.50. The summed E-state index contributed by atoms with van der Waals surface area (Å²) in [5.74, 6) is 0. The molecule has 0 radical (unpaired) electrons. The molecule has 1 aromatic rings. The van der Waals surface area contributed by atoms with Crippen LogP contribution in [0.3, 0.4) is 0 Å². The number of benzene rings is 1. The van der Waals surface area contributed by atoms with Crippen LogP contribution in [0.5, 0.6) is 0 Å². The molecule has 0 saturated carbocycles. The molecule has 2 N–H and O–H groups in total. The third-order valence-corrected chi connectivity index (χ3v) is 4.01. The fourth-order valence-electron chi connectivity index (χ4n) is 2.90. The Balaban J connectivity index is 2.21. The minimum atomic E-state index is -0.304. The van der Waals surface area contributed by atoms with Crippen LogP contribution in [0.2, 0.25) is 0 Å². The van der Waals surface area contributed by atoms with Crippen LogP contribution in [0.4, 0.5) is 5.69 Å². The molecule has 2 atom stereocenters. The molecule has 104 valence electrons. The van der Waals surface area contributed by atoms with Gasteiger partial charge >= 0.3 is 0 Å². The van der Waals surface area contributed by atoms with E-state index in [2.05, 4.69) is 11.8 Å². The first-order valence-corrected chi connectivity index (χ1v) is 6.81. The number of para-hydroxylation sites is 1. The summed E-state index contributed by atoms with van der Waals surface area (Å²) in [5, 5.41) is 11.1. The summed E-state index contributed by atoms with van der Waals surface area (Å²) in [6.07, 6.45) is 3.41. The number of likely N-dealkylation sites (tertiary alicyclic amines) is 1. The van der Waals surface area contributed by atoms with Crippen molar-refractivity contribution in [1.82, 2.24) is 4.90 Å². The lowest BCUT2D eigenvalue weighted by Gasteiger charge is -2.40. The summed E-state index contributed by atoms with van der Waals surface area (Å²) in [4.78, 5) is 13.1. The SMILES string of the molecule is CC1CCCC(CN)N1Cc1ccccc1[N+](=O)[O-]. The van der Waals surface area contributed by atoms with Gasteiger partial charge in [0.05, 0.1) is 4.92 Å². The molecule has 0 spiro atoms. The molecule has 1 heterocycles. The highest BCUT2D eigenvalue weighted by Gasteiger charge is 2.28. The molecule has 1 aliphatic heterocycles. The van der Waals surface area contributed by atoms with Crippen molar-refractivity contribution in [1.29, 1.82) is 0 Å². The maximum Gasteiger partial charge on any atom is 0.273 e. The molecule has 5 nitrogen and oxygen atoms in total. The van der Waals surface area contributed by atoms with Crippen LogP contribution < -0.4 is 5.73 Å². The average molecular weight is 263 g/mol. The van der Waals surface area contributed by atoms with Crippen molar-refractivity contribution in [3.63, 3.8) is 0 Å². The van der Waals surface area contributed by atoms with Crippen LogP contribution in [-0.4, -0.2) is 28.5 Å². The monoisotopic (exact) mass is 263 g/mol. The first-order chi connectivity index (χ1) is 9.13. The van der Waals surface area contributed by atoms with Crippen molar-refractivity contribution in [2.24, 2.45) is 5.73 Å². The topological polar surface area (TPSA) is 72.4 Å². The van der Waals surface area contributed by atoms with E-state index in [1.807, 2.05) is 12.1 Å². The molecule has 2 unspecified atom stereocenters. The Morgan fingerprint density at radius 2 is 2.16 bits per heavy atom. The van der Waals surface area contributed by atoms with E-state index in [-0.39, 0.29) is 10.6 Å². The van der Waals surface area contributed by atoms with Crippen molar-refractivity contribution in [3.05, 3.63) is 39.9 Å². The van der Waals surface area contributed by atoms with Crippen molar-refractivity contribution in [2.75, 3.05) is 6.54 Å². The first-order valence-electron chi connectivity index (χ1n) is 6.81. The average Bonchev–Trinajstić information content (AvgIpc) is 2.41. The Bertz CT molecular complexity index is 450. The number of hydrogen-bond donors (Lipinski definition) is 1. The van der Waals surface area contributed by atoms with Gasteiger partial charge in [0.2, 0.25) is 0 Å². The summed E-state index contributed by atoms with van der Waals surface area (Å²) in [6, 6.07) is 7.75. The van der Waals surface area contributed by atoms with Crippen LogP contribution >= 0.6 is 0 Å². The van der Waals surface area contributed by atoms with Gasteiger partial charge in [0, 0.05) is 36.8 Å². The van der Waals surface area contributed by atoms with E-state index in [1.165, 1.54) is 6.42 Å². The van der Waals surface area contributed by atoms with Crippen molar-refractivity contribution in [3.8, 4) is 0 Å². The quantitative estimate of drug-likeness (QED) is 0.668. The van der Waals surface area contributed by atoms with Gasteiger partial charge in [-0.15, -0.1) is 0 Å². The second-order valence-corrected chi connectivity index (χ2v) is 5.23. The normalized spacial score (nSPS) is 24.3. The number of nitro groups is 1. The van der Waals surface area contributed by atoms with Gasteiger partial charge in [0.1, 0.15) is 0 Å². The van der Waals surface area contributed by atoms with Crippen LogP contribution in [0.25, 0.3) is 0 Å². The molecular formula is C14H21N3O2. The van der Waals surface area contributed by atoms with E-state index in [0.717, 1.165) is 18.4 Å². The number of rotatable bonds is 4. The van der Waals surface area contributed by atoms with Crippen molar-refractivity contribution < 1.29 is 4.92 Å². The molecule has 1 saturated heterocycles. The number of hydrogen-bond acceptors (Lipinski definition) is 4. The van der Waals surface area contributed by atoms with Crippen molar-refractivity contribution in [2.45, 2.75) is 44.8 Å². The highest BCUT2D eigenvalue weighted by molar-refractivity contribution is 5.39. The van der Waals surface area contributed by atoms with Gasteiger partial charge in [0.15, 0.2) is 0 Å². The summed E-state index contributed by atoms with van der Waals surface area (Å²) in [7, 11) is 0. The highest BCUT2D eigenvalue weighted by Crippen LogP contribution is 2.27.